The second-order valence-corrected chi connectivity index (χ2v) is 3.23. The molecular formula is C10H13N3O4. The summed E-state index contributed by atoms with van der Waals surface area (Å²) in [6, 6.07) is 9.75. The van der Waals surface area contributed by atoms with Gasteiger partial charge in [0.2, 0.25) is 5.88 Å². The van der Waals surface area contributed by atoms with Gasteiger partial charge in [-0.15, -0.1) is 0 Å². The third kappa shape index (κ3) is 3.67. The Bertz CT molecular complexity index is 407. The fourth-order valence-corrected chi connectivity index (χ4v) is 1.32. The van der Waals surface area contributed by atoms with E-state index in [1.807, 2.05) is 30.3 Å². The van der Waals surface area contributed by atoms with E-state index in [1.165, 1.54) is 0 Å². The Labute approximate surface area is 97.5 Å². The average molecular weight is 239 g/mol. The number of nitrogens with one attached hydrogen (secondary N) is 2. The van der Waals surface area contributed by atoms with Gasteiger partial charge < -0.3 is 15.4 Å². The van der Waals surface area contributed by atoms with E-state index in [2.05, 4.69) is 10.9 Å². The van der Waals surface area contributed by atoms with Gasteiger partial charge in [-0.05, 0) is 5.56 Å². The standard InChI is InChI=1S/C10H11N3O3.H2O/c14-10(15)11-9-7-13(12-16-9)6-8-4-2-1-3-5-8;/h1-5,7,11-12H,6H2,(H,14,15);1H2. The Balaban J connectivity index is 0.00000144. The Morgan fingerprint density at radius 2 is 2.12 bits per heavy atom. The lowest BCUT2D eigenvalue weighted by Crippen LogP contribution is -2.27. The first-order valence-corrected chi connectivity index (χ1v) is 4.69. The molecule has 7 nitrogen and oxygen atoms in total. The molecule has 0 unspecified atom stereocenters. The van der Waals surface area contributed by atoms with Gasteiger partial charge in [0.15, 0.2) is 0 Å². The molecule has 1 heterocycles. The van der Waals surface area contributed by atoms with Crippen LogP contribution < -0.4 is 10.9 Å². The molecule has 0 radical (unpaired) electrons. The minimum absolute atomic E-state index is 0. The molecule has 0 atom stereocenters. The summed E-state index contributed by atoms with van der Waals surface area (Å²) in [4.78, 5) is 15.2. The van der Waals surface area contributed by atoms with Crippen LogP contribution in [0, 0.1) is 0 Å². The summed E-state index contributed by atoms with van der Waals surface area (Å²) in [5.41, 5.74) is 3.66. The lowest BCUT2D eigenvalue weighted by molar-refractivity contribution is 0.0115. The SMILES string of the molecule is O.O=C(O)NC1=CN(Cc2ccccc2)NO1. The zero-order valence-electron chi connectivity index (χ0n) is 8.88. The van der Waals surface area contributed by atoms with Gasteiger partial charge in [-0.2, -0.15) is 0 Å². The monoisotopic (exact) mass is 239 g/mol. The van der Waals surface area contributed by atoms with Crippen LogP contribution in [0.5, 0.6) is 0 Å². The molecule has 0 aliphatic carbocycles. The maximum Gasteiger partial charge on any atom is 0.411 e. The van der Waals surface area contributed by atoms with Crippen LogP contribution in [0.3, 0.4) is 0 Å². The number of carbonyl (C=O) groups is 1. The summed E-state index contributed by atoms with van der Waals surface area (Å²) in [6.07, 6.45) is 0.385. The number of hydrogen-bond donors (Lipinski definition) is 3. The van der Waals surface area contributed by atoms with E-state index in [1.54, 1.807) is 11.2 Å². The van der Waals surface area contributed by atoms with Crippen molar-refractivity contribution >= 4 is 6.09 Å². The Kier molecular flexibility index (Phi) is 4.32. The number of carboxylic acid groups (broad SMARTS) is 1. The number of hydrogen-bond acceptors (Lipinski definition) is 4. The molecule has 5 N–H and O–H groups in total. The highest BCUT2D eigenvalue weighted by Crippen LogP contribution is 2.08. The molecule has 0 fully saturated rings. The molecule has 0 saturated heterocycles. The lowest BCUT2D eigenvalue weighted by Gasteiger charge is -2.12. The molecular weight excluding hydrogens is 226 g/mol. The maximum atomic E-state index is 10.3. The van der Waals surface area contributed by atoms with Gasteiger partial charge in [0.1, 0.15) is 0 Å². The molecule has 0 bridgehead atoms. The molecule has 0 spiro atoms. The summed E-state index contributed by atoms with van der Waals surface area (Å²) < 4.78 is 0. The fourth-order valence-electron chi connectivity index (χ4n) is 1.32. The molecule has 0 aromatic heterocycles. The zero-order valence-corrected chi connectivity index (χ0v) is 8.88. The van der Waals surface area contributed by atoms with Crippen molar-refractivity contribution in [2.75, 3.05) is 0 Å². The largest absolute Gasteiger partial charge is 0.465 e. The number of amides is 1. The number of benzene rings is 1. The van der Waals surface area contributed by atoms with E-state index in [0.29, 0.717) is 6.54 Å². The summed E-state index contributed by atoms with van der Waals surface area (Å²) in [6.45, 7) is 0.589. The molecule has 1 aliphatic rings. The van der Waals surface area contributed by atoms with Crippen LogP contribution in [0.15, 0.2) is 42.4 Å². The van der Waals surface area contributed by atoms with E-state index in [0.717, 1.165) is 5.56 Å². The van der Waals surface area contributed by atoms with Crippen molar-refractivity contribution in [3.63, 3.8) is 0 Å². The number of hydrazine groups is 1. The van der Waals surface area contributed by atoms with Gasteiger partial charge in [-0.1, -0.05) is 35.9 Å². The number of rotatable bonds is 3. The highest BCUT2D eigenvalue weighted by Gasteiger charge is 2.14. The van der Waals surface area contributed by atoms with Crippen LogP contribution in [0.4, 0.5) is 4.79 Å². The van der Waals surface area contributed by atoms with Crippen LogP contribution in [0.2, 0.25) is 0 Å². The van der Waals surface area contributed by atoms with Crippen molar-refractivity contribution in [1.82, 2.24) is 15.9 Å². The van der Waals surface area contributed by atoms with Crippen LogP contribution in [0.25, 0.3) is 0 Å². The van der Waals surface area contributed by atoms with Crippen molar-refractivity contribution in [3.05, 3.63) is 48.0 Å². The smallest absolute Gasteiger partial charge is 0.411 e. The molecule has 1 amide bonds. The predicted octanol–water partition coefficient (Wildman–Crippen LogP) is 0.180. The first kappa shape index (κ1) is 12.8. The molecule has 0 saturated carbocycles. The van der Waals surface area contributed by atoms with Crippen molar-refractivity contribution in [2.24, 2.45) is 0 Å². The Morgan fingerprint density at radius 1 is 1.41 bits per heavy atom. The second kappa shape index (κ2) is 5.73. The van der Waals surface area contributed by atoms with Gasteiger partial charge in [0.25, 0.3) is 0 Å². The topological polar surface area (TPSA) is 105 Å². The minimum atomic E-state index is -1.16. The van der Waals surface area contributed by atoms with Crippen LogP contribution >= 0.6 is 0 Å². The fraction of sp³-hybridized carbons (Fsp3) is 0.100. The molecule has 17 heavy (non-hydrogen) atoms. The van der Waals surface area contributed by atoms with Crippen molar-refractivity contribution in [2.45, 2.75) is 6.54 Å². The summed E-state index contributed by atoms with van der Waals surface area (Å²) >= 11 is 0. The van der Waals surface area contributed by atoms with E-state index in [-0.39, 0.29) is 11.4 Å². The Hall–Kier alpha value is -2.25. The Morgan fingerprint density at radius 3 is 2.76 bits per heavy atom. The van der Waals surface area contributed by atoms with Crippen LogP contribution in [-0.2, 0) is 11.4 Å². The third-order valence-corrected chi connectivity index (χ3v) is 1.97. The van der Waals surface area contributed by atoms with Crippen molar-refractivity contribution < 1.29 is 20.2 Å². The van der Waals surface area contributed by atoms with Crippen molar-refractivity contribution in [3.8, 4) is 0 Å². The van der Waals surface area contributed by atoms with E-state index < -0.39 is 6.09 Å². The zero-order chi connectivity index (χ0) is 11.4. The van der Waals surface area contributed by atoms with Gasteiger partial charge >= 0.3 is 6.09 Å². The number of nitrogens with zero attached hydrogens (tertiary/aromatic N) is 1. The average Bonchev–Trinajstić information content (AvgIpc) is 2.66. The predicted molar refractivity (Wildman–Crippen MR) is 59.1 cm³/mol. The summed E-state index contributed by atoms with van der Waals surface area (Å²) in [7, 11) is 0. The first-order valence-electron chi connectivity index (χ1n) is 4.69. The van der Waals surface area contributed by atoms with Crippen molar-refractivity contribution in [1.29, 1.82) is 0 Å². The third-order valence-electron chi connectivity index (χ3n) is 1.97. The van der Waals surface area contributed by atoms with Gasteiger partial charge in [0, 0.05) is 0 Å². The van der Waals surface area contributed by atoms with Gasteiger partial charge in [-0.25, -0.2) is 4.79 Å². The molecule has 1 aliphatic heterocycles. The maximum absolute atomic E-state index is 10.3. The minimum Gasteiger partial charge on any atom is -0.465 e. The van der Waals surface area contributed by atoms with E-state index >= 15 is 0 Å². The van der Waals surface area contributed by atoms with E-state index in [4.69, 9.17) is 9.94 Å². The molecule has 1 aromatic rings. The second-order valence-electron chi connectivity index (χ2n) is 3.23. The molecule has 1 aromatic carbocycles. The first-order chi connectivity index (χ1) is 7.74. The van der Waals surface area contributed by atoms with Gasteiger partial charge in [0.05, 0.1) is 12.7 Å². The molecule has 2 rings (SSSR count). The lowest BCUT2D eigenvalue weighted by atomic mass is 10.2. The van der Waals surface area contributed by atoms with E-state index in [9.17, 15) is 4.79 Å². The highest BCUT2D eigenvalue weighted by molar-refractivity contribution is 5.66. The van der Waals surface area contributed by atoms with Crippen LogP contribution in [0.1, 0.15) is 5.56 Å². The summed E-state index contributed by atoms with van der Waals surface area (Å²) in [5.74, 6) is 0.156. The van der Waals surface area contributed by atoms with Gasteiger partial charge in [-0.3, -0.25) is 10.3 Å². The highest BCUT2D eigenvalue weighted by atomic mass is 16.7. The normalized spacial score (nSPS) is 13.4. The molecule has 7 heteroatoms. The quantitative estimate of drug-likeness (QED) is 0.697. The summed E-state index contributed by atoms with van der Waals surface area (Å²) in [5, 5.41) is 12.2. The van der Waals surface area contributed by atoms with Crippen LogP contribution in [-0.4, -0.2) is 21.7 Å². The molecule has 92 valence electrons.